The molecule has 0 bridgehead atoms. The average Bonchev–Trinajstić information content (AvgIpc) is 2.50. The van der Waals surface area contributed by atoms with Crippen molar-refractivity contribution in [3.63, 3.8) is 0 Å². The topological polar surface area (TPSA) is 55.8 Å². The Hall–Kier alpha value is -1.15. The number of benzene rings is 1. The second-order valence-corrected chi connectivity index (χ2v) is 9.38. The Morgan fingerprint density at radius 1 is 1.12 bits per heavy atom. The highest BCUT2D eigenvalue weighted by Crippen LogP contribution is 2.38. The zero-order valence-electron chi connectivity index (χ0n) is 16.2. The molecule has 0 saturated carbocycles. The van der Waals surface area contributed by atoms with E-state index >= 15 is 0 Å². The molecule has 1 aromatic carbocycles. The Morgan fingerprint density at radius 2 is 1.69 bits per heavy atom. The van der Waals surface area contributed by atoms with Crippen LogP contribution in [0, 0.1) is 3.57 Å². The molecule has 5 nitrogen and oxygen atoms in total. The van der Waals surface area contributed by atoms with Crippen molar-refractivity contribution in [2.24, 2.45) is 0 Å². The predicted molar refractivity (Wildman–Crippen MR) is 109 cm³/mol. The zero-order chi connectivity index (χ0) is 19.5. The van der Waals surface area contributed by atoms with Crippen LogP contribution in [0.1, 0.15) is 53.4 Å². The van der Waals surface area contributed by atoms with Crippen molar-refractivity contribution < 1.29 is 19.1 Å². The first-order valence-electron chi connectivity index (χ1n) is 8.89. The van der Waals surface area contributed by atoms with Gasteiger partial charge in [0.2, 0.25) is 0 Å². The van der Waals surface area contributed by atoms with Crippen molar-refractivity contribution >= 4 is 34.5 Å². The fourth-order valence-corrected chi connectivity index (χ4v) is 4.04. The van der Waals surface area contributed by atoms with Gasteiger partial charge < -0.3 is 9.47 Å². The second-order valence-electron chi connectivity index (χ2n) is 8.14. The first kappa shape index (κ1) is 21.2. The molecule has 1 heterocycles. The number of carbonyl (C=O) groups excluding carboxylic acids is 2. The van der Waals surface area contributed by atoms with Crippen LogP contribution in [0.15, 0.2) is 24.3 Å². The van der Waals surface area contributed by atoms with Gasteiger partial charge >= 0.3 is 11.9 Å². The maximum atomic E-state index is 12.2. The molecule has 1 aliphatic rings. The van der Waals surface area contributed by atoms with Crippen molar-refractivity contribution in [2.75, 3.05) is 7.05 Å². The molecule has 2 rings (SSSR count). The van der Waals surface area contributed by atoms with Crippen LogP contribution in [0.3, 0.4) is 0 Å². The first-order valence-corrected chi connectivity index (χ1v) is 9.97. The highest BCUT2D eigenvalue weighted by atomic mass is 127. The number of piperidine rings is 1. The molecule has 0 atom stereocenters. The molecule has 6 heteroatoms. The smallest absolute Gasteiger partial charge is 0.311 e. The van der Waals surface area contributed by atoms with Crippen LogP contribution < -0.4 is 4.74 Å². The van der Waals surface area contributed by atoms with Gasteiger partial charge in [-0.15, -0.1) is 0 Å². The van der Waals surface area contributed by atoms with Gasteiger partial charge in [-0.2, -0.15) is 0 Å². The quantitative estimate of drug-likeness (QED) is 0.365. The fraction of sp³-hybridized carbons (Fsp3) is 0.600. The SMILES string of the molecule is CN1C(C)(C)CC(OC(=O)CCC(=O)Oc2cccc(I)c2)CC1(C)C. The Labute approximate surface area is 169 Å². The molecule has 1 fully saturated rings. The summed E-state index contributed by atoms with van der Waals surface area (Å²) in [6.07, 6.45) is 1.49. The average molecular weight is 473 g/mol. The van der Waals surface area contributed by atoms with E-state index in [0.717, 1.165) is 16.4 Å². The van der Waals surface area contributed by atoms with Gasteiger partial charge in [0.25, 0.3) is 0 Å². The minimum absolute atomic E-state index is 0.0176. The molecule has 0 spiro atoms. The summed E-state index contributed by atoms with van der Waals surface area (Å²) in [5.74, 6) is -0.271. The lowest BCUT2D eigenvalue weighted by Crippen LogP contribution is -2.60. The van der Waals surface area contributed by atoms with Gasteiger partial charge in [0, 0.05) is 27.5 Å². The van der Waals surface area contributed by atoms with Gasteiger partial charge in [-0.3, -0.25) is 14.5 Å². The molecule has 26 heavy (non-hydrogen) atoms. The number of hydrogen-bond acceptors (Lipinski definition) is 5. The van der Waals surface area contributed by atoms with Crippen molar-refractivity contribution in [3.8, 4) is 5.75 Å². The highest BCUT2D eigenvalue weighted by Gasteiger charge is 2.44. The van der Waals surface area contributed by atoms with E-state index in [1.54, 1.807) is 12.1 Å². The van der Waals surface area contributed by atoms with Crippen LogP contribution in [-0.4, -0.2) is 41.1 Å². The summed E-state index contributed by atoms with van der Waals surface area (Å²) in [6, 6.07) is 7.24. The van der Waals surface area contributed by atoms with Gasteiger partial charge in [0.1, 0.15) is 11.9 Å². The third kappa shape index (κ3) is 5.67. The Balaban J connectivity index is 1.82. The van der Waals surface area contributed by atoms with E-state index in [4.69, 9.17) is 9.47 Å². The van der Waals surface area contributed by atoms with E-state index in [1.807, 2.05) is 12.1 Å². The summed E-state index contributed by atoms with van der Waals surface area (Å²) in [5, 5.41) is 0. The van der Waals surface area contributed by atoms with E-state index in [1.165, 1.54) is 0 Å². The van der Waals surface area contributed by atoms with Gasteiger partial charge in [-0.1, -0.05) is 6.07 Å². The number of rotatable bonds is 5. The molecule has 1 aliphatic heterocycles. The number of halogens is 1. The Kier molecular flexibility index (Phi) is 6.71. The molecule has 1 aromatic rings. The predicted octanol–water partition coefficient (Wildman–Crippen LogP) is 4.17. The van der Waals surface area contributed by atoms with Crippen molar-refractivity contribution in [1.82, 2.24) is 4.90 Å². The van der Waals surface area contributed by atoms with E-state index in [2.05, 4.69) is 62.2 Å². The summed E-state index contributed by atoms with van der Waals surface area (Å²) >= 11 is 2.15. The molecule has 0 N–H and O–H groups in total. The summed E-state index contributed by atoms with van der Waals surface area (Å²) < 4.78 is 11.9. The maximum Gasteiger partial charge on any atom is 0.311 e. The van der Waals surface area contributed by atoms with Crippen LogP contribution in [0.2, 0.25) is 0 Å². The zero-order valence-corrected chi connectivity index (χ0v) is 18.3. The summed E-state index contributed by atoms with van der Waals surface area (Å²) in [6.45, 7) is 8.64. The van der Waals surface area contributed by atoms with Crippen molar-refractivity contribution in [2.45, 2.75) is 70.6 Å². The van der Waals surface area contributed by atoms with E-state index < -0.39 is 5.97 Å². The standard InChI is InChI=1S/C20H28INO4/c1-19(2)12-16(13-20(3,4)22(19)5)26-18(24)10-9-17(23)25-15-8-6-7-14(21)11-15/h6-8,11,16H,9-10,12-13H2,1-5H3. The van der Waals surface area contributed by atoms with Crippen LogP contribution >= 0.6 is 22.6 Å². The molecule has 0 amide bonds. The van der Waals surface area contributed by atoms with E-state index in [0.29, 0.717) is 5.75 Å². The maximum absolute atomic E-state index is 12.2. The third-order valence-electron chi connectivity index (χ3n) is 5.13. The van der Waals surface area contributed by atoms with Crippen LogP contribution in [0.25, 0.3) is 0 Å². The van der Waals surface area contributed by atoms with E-state index in [9.17, 15) is 9.59 Å². The Morgan fingerprint density at radius 3 is 2.27 bits per heavy atom. The molecule has 0 unspecified atom stereocenters. The number of hydrogen-bond donors (Lipinski definition) is 0. The number of esters is 2. The normalized spacial score (nSPS) is 19.8. The molecule has 0 aliphatic carbocycles. The Bertz CT molecular complexity index is 654. The number of carbonyl (C=O) groups is 2. The molecule has 1 saturated heterocycles. The molecule has 0 radical (unpaired) electrons. The summed E-state index contributed by atoms with van der Waals surface area (Å²) in [5.41, 5.74) is -0.0911. The lowest BCUT2D eigenvalue weighted by Gasteiger charge is -2.53. The number of likely N-dealkylation sites (tertiary alicyclic amines) is 1. The fourth-order valence-electron chi connectivity index (χ4n) is 3.52. The summed E-state index contributed by atoms with van der Waals surface area (Å²) in [4.78, 5) is 26.4. The number of nitrogens with zero attached hydrogens (tertiary/aromatic N) is 1. The minimum Gasteiger partial charge on any atom is -0.462 e. The lowest BCUT2D eigenvalue weighted by molar-refractivity contribution is -0.160. The van der Waals surface area contributed by atoms with Crippen LogP contribution in [0.4, 0.5) is 0 Å². The van der Waals surface area contributed by atoms with Crippen molar-refractivity contribution in [1.29, 1.82) is 0 Å². The highest BCUT2D eigenvalue weighted by molar-refractivity contribution is 14.1. The van der Waals surface area contributed by atoms with Gasteiger partial charge in [-0.05, 0) is 75.5 Å². The number of ether oxygens (including phenoxy) is 2. The van der Waals surface area contributed by atoms with Gasteiger partial charge in [0.05, 0.1) is 12.8 Å². The van der Waals surface area contributed by atoms with Gasteiger partial charge in [-0.25, -0.2) is 0 Å². The minimum atomic E-state index is -0.423. The van der Waals surface area contributed by atoms with Crippen LogP contribution in [-0.2, 0) is 14.3 Å². The molecule has 144 valence electrons. The summed E-state index contributed by atoms with van der Waals surface area (Å²) in [7, 11) is 2.11. The molecular formula is C20H28INO4. The first-order chi connectivity index (χ1) is 12.0. The second kappa shape index (κ2) is 8.25. The third-order valence-corrected chi connectivity index (χ3v) is 5.80. The monoisotopic (exact) mass is 473 g/mol. The molecule has 0 aromatic heterocycles. The van der Waals surface area contributed by atoms with Crippen molar-refractivity contribution in [3.05, 3.63) is 27.8 Å². The van der Waals surface area contributed by atoms with Crippen LogP contribution in [0.5, 0.6) is 5.75 Å². The van der Waals surface area contributed by atoms with E-state index in [-0.39, 0.29) is 36.0 Å². The largest absolute Gasteiger partial charge is 0.462 e. The van der Waals surface area contributed by atoms with Gasteiger partial charge in [0.15, 0.2) is 0 Å². The molecular weight excluding hydrogens is 445 g/mol. The lowest BCUT2D eigenvalue weighted by atomic mass is 9.79.